The van der Waals surface area contributed by atoms with Crippen LogP contribution >= 0.6 is 0 Å². The molecule has 2 fully saturated rings. The van der Waals surface area contributed by atoms with E-state index in [-0.39, 0.29) is 17.9 Å². The number of carbonyl (C=O) groups excluding carboxylic acids is 2. The van der Waals surface area contributed by atoms with Crippen molar-refractivity contribution in [2.24, 2.45) is 5.92 Å². The van der Waals surface area contributed by atoms with Gasteiger partial charge < -0.3 is 15.0 Å². The molecule has 0 aromatic carbocycles. The second-order valence-electron chi connectivity index (χ2n) is 4.38. The van der Waals surface area contributed by atoms with Crippen LogP contribution in [-0.4, -0.2) is 49.6 Å². The third-order valence-corrected chi connectivity index (χ3v) is 3.43. The summed E-state index contributed by atoms with van der Waals surface area (Å²) in [5.41, 5.74) is 0. The Morgan fingerprint density at radius 3 is 2.75 bits per heavy atom. The molecule has 1 aliphatic heterocycles. The van der Waals surface area contributed by atoms with E-state index in [0.717, 1.165) is 45.4 Å². The zero-order valence-corrected chi connectivity index (χ0v) is 9.35. The summed E-state index contributed by atoms with van der Waals surface area (Å²) >= 11 is 0. The quantitative estimate of drug-likeness (QED) is 0.675. The average Bonchev–Trinajstić information content (AvgIpc) is 2.78. The highest BCUT2D eigenvalue weighted by Crippen LogP contribution is 2.29. The summed E-state index contributed by atoms with van der Waals surface area (Å²) in [5, 5.41) is 3.22. The number of carbonyl (C=O) groups is 2. The Balaban J connectivity index is 1.94. The number of nitrogens with zero attached hydrogens (tertiary/aromatic N) is 1. The maximum atomic E-state index is 12.2. The number of hydrogen-bond donors (Lipinski definition) is 1. The summed E-state index contributed by atoms with van der Waals surface area (Å²) in [5.74, 6) is 0.0501. The maximum Gasteiger partial charge on any atom is 0.293 e. The molecule has 5 heteroatoms. The van der Waals surface area contributed by atoms with Gasteiger partial charge in [-0.05, 0) is 19.3 Å². The van der Waals surface area contributed by atoms with E-state index in [2.05, 4.69) is 5.32 Å². The summed E-state index contributed by atoms with van der Waals surface area (Å²) < 4.78 is 4.98. The van der Waals surface area contributed by atoms with Crippen molar-refractivity contribution < 1.29 is 14.3 Å². The zero-order chi connectivity index (χ0) is 11.4. The van der Waals surface area contributed by atoms with Crippen molar-refractivity contribution in [3.63, 3.8) is 0 Å². The molecule has 0 aromatic heterocycles. The number of piperazine rings is 1. The first kappa shape index (κ1) is 11.4. The minimum atomic E-state index is -0.195. The van der Waals surface area contributed by atoms with Gasteiger partial charge >= 0.3 is 0 Å². The summed E-state index contributed by atoms with van der Waals surface area (Å²) in [7, 11) is 0. The lowest BCUT2D eigenvalue weighted by atomic mass is 10.0. The number of rotatable bonds is 3. The molecule has 1 heterocycles. The van der Waals surface area contributed by atoms with Crippen molar-refractivity contribution in [3.8, 4) is 0 Å². The molecule has 0 bridgehead atoms. The molecule has 1 aliphatic carbocycles. The highest BCUT2D eigenvalue weighted by Gasteiger charge is 2.37. The lowest BCUT2D eigenvalue weighted by Crippen LogP contribution is -2.49. The number of ether oxygens (including phenoxy) is 1. The second kappa shape index (κ2) is 5.30. The topological polar surface area (TPSA) is 58.6 Å². The minimum Gasteiger partial charge on any atom is -0.464 e. The minimum absolute atomic E-state index is 0.108. The SMILES string of the molecule is O=COC1CCCC1C(=O)N1CCNCC1. The molecule has 16 heavy (non-hydrogen) atoms. The van der Waals surface area contributed by atoms with E-state index < -0.39 is 0 Å². The van der Waals surface area contributed by atoms with Crippen LogP contribution < -0.4 is 5.32 Å². The zero-order valence-electron chi connectivity index (χ0n) is 9.35. The van der Waals surface area contributed by atoms with E-state index in [0.29, 0.717) is 6.47 Å². The molecule has 1 saturated heterocycles. The van der Waals surface area contributed by atoms with Gasteiger partial charge in [0.25, 0.3) is 6.47 Å². The Morgan fingerprint density at radius 1 is 1.31 bits per heavy atom. The largest absolute Gasteiger partial charge is 0.464 e. The Morgan fingerprint density at radius 2 is 2.06 bits per heavy atom. The van der Waals surface area contributed by atoms with Gasteiger partial charge in [-0.1, -0.05) is 0 Å². The molecule has 2 unspecified atom stereocenters. The van der Waals surface area contributed by atoms with Crippen molar-refractivity contribution in [1.82, 2.24) is 10.2 Å². The van der Waals surface area contributed by atoms with Crippen LogP contribution in [0, 0.1) is 5.92 Å². The lowest BCUT2D eigenvalue weighted by Gasteiger charge is -2.31. The van der Waals surface area contributed by atoms with Crippen LogP contribution in [0.15, 0.2) is 0 Å². The van der Waals surface area contributed by atoms with Gasteiger partial charge in [-0.2, -0.15) is 0 Å². The predicted molar refractivity (Wildman–Crippen MR) is 57.7 cm³/mol. The Hall–Kier alpha value is -1.10. The molecule has 5 nitrogen and oxygen atoms in total. The Bertz CT molecular complexity index is 264. The normalized spacial score (nSPS) is 30.1. The van der Waals surface area contributed by atoms with Crippen LogP contribution in [-0.2, 0) is 14.3 Å². The van der Waals surface area contributed by atoms with Crippen LogP contribution in [0.2, 0.25) is 0 Å². The second-order valence-corrected chi connectivity index (χ2v) is 4.38. The van der Waals surface area contributed by atoms with Crippen molar-refractivity contribution in [3.05, 3.63) is 0 Å². The molecule has 1 N–H and O–H groups in total. The summed E-state index contributed by atoms with van der Waals surface area (Å²) in [6.45, 7) is 3.72. The van der Waals surface area contributed by atoms with Crippen molar-refractivity contribution >= 4 is 12.4 Å². The number of amides is 1. The molecule has 90 valence electrons. The van der Waals surface area contributed by atoms with Crippen LogP contribution in [0.3, 0.4) is 0 Å². The Kier molecular flexibility index (Phi) is 3.77. The van der Waals surface area contributed by atoms with Gasteiger partial charge in [0.1, 0.15) is 6.10 Å². The number of nitrogens with one attached hydrogen (secondary N) is 1. The first-order chi connectivity index (χ1) is 7.83. The van der Waals surface area contributed by atoms with E-state index in [9.17, 15) is 9.59 Å². The molecule has 2 rings (SSSR count). The van der Waals surface area contributed by atoms with Gasteiger partial charge in [0.05, 0.1) is 5.92 Å². The first-order valence-corrected chi connectivity index (χ1v) is 5.91. The summed E-state index contributed by atoms with van der Waals surface area (Å²) in [4.78, 5) is 24.4. The van der Waals surface area contributed by atoms with Gasteiger partial charge in [-0.3, -0.25) is 9.59 Å². The van der Waals surface area contributed by atoms with E-state index in [1.54, 1.807) is 0 Å². The van der Waals surface area contributed by atoms with Gasteiger partial charge in [-0.25, -0.2) is 0 Å². The maximum absolute atomic E-state index is 12.2. The molecule has 2 atom stereocenters. The molecule has 1 saturated carbocycles. The van der Waals surface area contributed by atoms with E-state index in [1.165, 1.54) is 0 Å². The highest BCUT2D eigenvalue weighted by molar-refractivity contribution is 5.80. The molecular formula is C11H18N2O3. The molecule has 0 radical (unpaired) electrons. The summed E-state index contributed by atoms with van der Waals surface area (Å²) in [6, 6.07) is 0. The van der Waals surface area contributed by atoms with Crippen LogP contribution in [0.1, 0.15) is 19.3 Å². The fraction of sp³-hybridized carbons (Fsp3) is 0.818. The highest BCUT2D eigenvalue weighted by atomic mass is 16.5. The summed E-state index contributed by atoms with van der Waals surface area (Å²) in [6.07, 6.45) is 2.45. The van der Waals surface area contributed by atoms with Gasteiger partial charge in [0, 0.05) is 26.2 Å². The van der Waals surface area contributed by atoms with Crippen molar-refractivity contribution in [2.75, 3.05) is 26.2 Å². The average molecular weight is 226 g/mol. The predicted octanol–water partition coefficient (Wildman–Crippen LogP) is -0.240. The third-order valence-electron chi connectivity index (χ3n) is 3.43. The molecule has 0 spiro atoms. The third kappa shape index (κ3) is 2.35. The first-order valence-electron chi connectivity index (χ1n) is 5.91. The van der Waals surface area contributed by atoms with Crippen LogP contribution in [0.4, 0.5) is 0 Å². The molecule has 1 amide bonds. The van der Waals surface area contributed by atoms with E-state index in [1.807, 2.05) is 4.90 Å². The van der Waals surface area contributed by atoms with Crippen molar-refractivity contribution in [1.29, 1.82) is 0 Å². The monoisotopic (exact) mass is 226 g/mol. The fourth-order valence-corrected chi connectivity index (χ4v) is 2.56. The standard InChI is InChI=1S/C11H18N2O3/c14-8-16-10-3-1-2-9(10)11(15)13-6-4-12-5-7-13/h8-10,12H,1-7H2. The van der Waals surface area contributed by atoms with Crippen LogP contribution in [0.25, 0.3) is 0 Å². The van der Waals surface area contributed by atoms with E-state index in [4.69, 9.17) is 4.74 Å². The fourth-order valence-electron chi connectivity index (χ4n) is 2.56. The van der Waals surface area contributed by atoms with Gasteiger partial charge in [0.2, 0.25) is 5.91 Å². The Labute approximate surface area is 95.1 Å². The van der Waals surface area contributed by atoms with Crippen molar-refractivity contribution in [2.45, 2.75) is 25.4 Å². The smallest absolute Gasteiger partial charge is 0.293 e. The van der Waals surface area contributed by atoms with Gasteiger partial charge in [0.15, 0.2) is 0 Å². The molecule has 2 aliphatic rings. The lowest BCUT2D eigenvalue weighted by molar-refractivity contribution is -0.145. The van der Waals surface area contributed by atoms with E-state index >= 15 is 0 Å². The molecule has 0 aromatic rings. The molecular weight excluding hydrogens is 208 g/mol. The van der Waals surface area contributed by atoms with Gasteiger partial charge in [-0.15, -0.1) is 0 Å². The number of hydrogen-bond acceptors (Lipinski definition) is 4. The van der Waals surface area contributed by atoms with Crippen LogP contribution in [0.5, 0.6) is 0 Å².